The first-order valence-electron chi connectivity index (χ1n) is 6.10. The van der Waals surface area contributed by atoms with Gasteiger partial charge in [0.25, 0.3) is 0 Å². The van der Waals surface area contributed by atoms with Crippen LogP contribution in [-0.4, -0.2) is 25.3 Å². The smallest absolute Gasteiger partial charge is 0.220 e. The van der Waals surface area contributed by atoms with Crippen LogP contribution in [0.4, 0.5) is 0 Å². The van der Waals surface area contributed by atoms with Crippen LogP contribution in [0, 0.1) is 13.8 Å². The number of amides is 1. The Kier molecular flexibility index (Phi) is 6.05. The largest absolute Gasteiger partial charge is 0.496 e. The minimum atomic E-state index is 0.0498. The summed E-state index contributed by atoms with van der Waals surface area (Å²) >= 11 is 4.03. The topological polar surface area (TPSA) is 38.3 Å². The summed E-state index contributed by atoms with van der Waals surface area (Å²) in [5, 5.41) is 2.88. The Morgan fingerprint density at radius 2 is 2.11 bits per heavy atom. The van der Waals surface area contributed by atoms with Crippen molar-refractivity contribution in [1.29, 1.82) is 0 Å². The fourth-order valence-electron chi connectivity index (χ4n) is 1.98. The minimum absolute atomic E-state index is 0.0498. The SMILES string of the molecule is COc1cc(C)cc(C)c1CCNC(=O)CCS. The molecule has 18 heavy (non-hydrogen) atoms. The molecule has 0 bridgehead atoms. The second-order valence-corrected chi connectivity index (χ2v) is 4.78. The van der Waals surface area contributed by atoms with E-state index in [4.69, 9.17) is 4.74 Å². The zero-order chi connectivity index (χ0) is 13.5. The molecule has 0 fully saturated rings. The number of hydrogen-bond acceptors (Lipinski definition) is 3. The molecule has 0 heterocycles. The molecule has 0 aliphatic rings. The first kappa shape index (κ1) is 14.9. The van der Waals surface area contributed by atoms with Crippen molar-refractivity contribution in [3.05, 3.63) is 28.8 Å². The molecule has 4 heteroatoms. The molecule has 1 amide bonds. The van der Waals surface area contributed by atoms with Crippen LogP contribution in [0.1, 0.15) is 23.1 Å². The van der Waals surface area contributed by atoms with Gasteiger partial charge in [-0.15, -0.1) is 0 Å². The van der Waals surface area contributed by atoms with E-state index in [9.17, 15) is 4.79 Å². The Balaban J connectivity index is 2.64. The number of carbonyl (C=O) groups is 1. The van der Waals surface area contributed by atoms with Crippen molar-refractivity contribution in [1.82, 2.24) is 5.32 Å². The molecule has 1 aromatic rings. The Labute approximate surface area is 114 Å². The highest BCUT2D eigenvalue weighted by Gasteiger charge is 2.08. The summed E-state index contributed by atoms with van der Waals surface area (Å²) in [5.74, 6) is 1.53. The van der Waals surface area contributed by atoms with E-state index in [0.29, 0.717) is 18.7 Å². The standard InChI is InChI=1S/C14H21NO2S/c1-10-8-11(2)12(13(9-10)17-3)4-6-15-14(16)5-7-18/h8-9,18H,4-7H2,1-3H3,(H,15,16). The molecule has 0 aliphatic carbocycles. The van der Waals surface area contributed by atoms with E-state index in [1.165, 1.54) is 11.1 Å². The van der Waals surface area contributed by atoms with E-state index in [0.717, 1.165) is 17.7 Å². The number of thiol groups is 1. The van der Waals surface area contributed by atoms with E-state index < -0.39 is 0 Å². The van der Waals surface area contributed by atoms with Gasteiger partial charge in [0.05, 0.1) is 7.11 Å². The zero-order valence-electron chi connectivity index (χ0n) is 11.2. The lowest BCUT2D eigenvalue weighted by molar-refractivity contribution is -0.120. The molecule has 0 saturated heterocycles. The van der Waals surface area contributed by atoms with Crippen LogP contribution in [0.2, 0.25) is 0 Å². The van der Waals surface area contributed by atoms with Crippen molar-refractivity contribution in [2.45, 2.75) is 26.7 Å². The summed E-state index contributed by atoms with van der Waals surface area (Å²) in [7, 11) is 1.68. The Hall–Kier alpha value is -1.16. The average molecular weight is 267 g/mol. The van der Waals surface area contributed by atoms with Gasteiger partial charge in [-0.25, -0.2) is 0 Å². The molecule has 0 atom stereocenters. The zero-order valence-corrected chi connectivity index (χ0v) is 12.1. The molecule has 0 spiro atoms. The van der Waals surface area contributed by atoms with Crippen molar-refractivity contribution < 1.29 is 9.53 Å². The summed E-state index contributed by atoms with van der Waals surface area (Å²) in [6, 6.07) is 4.16. The lowest BCUT2D eigenvalue weighted by Gasteiger charge is -2.13. The number of benzene rings is 1. The monoisotopic (exact) mass is 267 g/mol. The fraction of sp³-hybridized carbons (Fsp3) is 0.500. The van der Waals surface area contributed by atoms with Crippen molar-refractivity contribution in [3.63, 3.8) is 0 Å². The van der Waals surface area contributed by atoms with Crippen LogP contribution in [0.3, 0.4) is 0 Å². The number of hydrogen-bond donors (Lipinski definition) is 2. The highest BCUT2D eigenvalue weighted by atomic mass is 32.1. The molecule has 1 rings (SSSR count). The minimum Gasteiger partial charge on any atom is -0.496 e. The molecule has 0 aromatic heterocycles. The molecule has 0 unspecified atom stereocenters. The Morgan fingerprint density at radius 1 is 1.39 bits per heavy atom. The van der Waals surface area contributed by atoms with Gasteiger partial charge in [-0.2, -0.15) is 12.6 Å². The van der Waals surface area contributed by atoms with E-state index in [-0.39, 0.29) is 5.91 Å². The normalized spacial score (nSPS) is 10.2. The molecule has 0 saturated carbocycles. The van der Waals surface area contributed by atoms with Gasteiger partial charge in [-0.3, -0.25) is 4.79 Å². The summed E-state index contributed by atoms with van der Waals surface area (Å²) in [5.41, 5.74) is 3.55. The summed E-state index contributed by atoms with van der Waals surface area (Å²) in [6.07, 6.45) is 1.25. The van der Waals surface area contributed by atoms with Gasteiger partial charge in [0.1, 0.15) is 5.75 Å². The van der Waals surface area contributed by atoms with Crippen molar-refractivity contribution in [3.8, 4) is 5.75 Å². The quantitative estimate of drug-likeness (QED) is 0.776. The maximum absolute atomic E-state index is 11.3. The van der Waals surface area contributed by atoms with Gasteiger partial charge in [0.15, 0.2) is 0 Å². The molecular formula is C14H21NO2S. The third-order valence-corrected chi connectivity index (χ3v) is 3.06. The van der Waals surface area contributed by atoms with Crippen LogP contribution in [-0.2, 0) is 11.2 Å². The predicted octanol–water partition coefficient (Wildman–Crippen LogP) is 2.29. The second-order valence-electron chi connectivity index (χ2n) is 4.34. The maximum atomic E-state index is 11.3. The highest BCUT2D eigenvalue weighted by Crippen LogP contribution is 2.24. The molecule has 3 nitrogen and oxygen atoms in total. The van der Waals surface area contributed by atoms with Crippen LogP contribution in [0.15, 0.2) is 12.1 Å². The van der Waals surface area contributed by atoms with Gasteiger partial charge in [-0.1, -0.05) is 6.07 Å². The lowest BCUT2D eigenvalue weighted by Crippen LogP contribution is -2.26. The summed E-state index contributed by atoms with van der Waals surface area (Å²) in [6.45, 7) is 4.75. The van der Waals surface area contributed by atoms with E-state index in [2.05, 4.69) is 30.9 Å². The average Bonchev–Trinajstić information content (AvgIpc) is 2.31. The third kappa shape index (κ3) is 4.26. The lowest BCUT2D eigenvalue weighted by atomic mass is 10.0. The van der Waals surface area contributed by atoms with Gasteiger partial charge in [0, 0.05) is 13.0 Å². The fourth-order valence-corrected chi connectivity index (χ4v) is 2.18. The van der Waals surface area contributed by atoms with Crippen LogP contribution >= 0.6 is 12.6 Å². The Bertz CT molecular complexity index is 419. The molecule has 1 N–H and O–H groups in total. The van der Waals surface area contributed by atoms with Gasteiger partial charge in [-0.05, 0) is 48.8 Å². The summed E-state index contributed by atoms with van der Waals surface area (Å²) in [4.78, 5) is 11.3. The first-order valence-corrected chi connectivity index (χ1v) is 6.73. The Morgan fingerprint density at radius 3 is 2.72 bits per heavy atom. The van der Waals surface area contributed by atoms with Crippen molar-refractivity contribution in [2.75, 3.05) is 19.4 Å². The number of carbonyl (C=O) groups excluding carboxylic acids is 1. The van der Waals surface area contributed by atoms with E-state index in [1.807, 2.05) is 13.0 Å². The number of methoxy groups -OCH3 is 1. The number of ether oxygens (including phenoxy) is 1. The van der Waals surface area contributed by atoms with E-state index >= 15 is 0 Å². The second kappa shape index (κ2) is 7.31. The van der Waals surface area contributed by atoms with E-state index in [1.54, 1.807) is 7.11 Å². The summed E-state index contributed by atoms with van der Waals surface area (Å²) < 4.78 is 5.39. The van der Waals surface area contributed by atoms with Gasteiger partial charge >= 0.3 is 0 Å². The maximum Gasteiger partial charge on any atom is 0.220 e. The molecule has 0 aliphatic heterocycles. The van der Waals surface area contributed by atoms with Crippen molar-refractivity contribution >= 4 is 18.5 Å². The van der Waals surface area contributed by atoms with Crippen LogP contribution in [0.5, 0.6) is 5.75 Å². The molecular weight excluding hydrogens is 246 g/mol. The number of rotatable bonds is 6. The van der Waals surface area contributed by atoms with Crippen LogP contribution < -0.4 is 10.1 Å². The van der Waals surface area contributed by atoms with Crippen molar-refractivity contribution in [2.24, 2.45) is 0 Å². The third-order valence-electron chi connectivity index (χ3n) is 2.83. The molecule has 1 aromatic carbocycles. The number of aryl methyl sites for hydroxylation is 2. The highest BCUT2D eigenvalue weighted by molar-refractivity contribution is 7.80. The predicted molar refractivity (Wildman–Crippen MR) is 77.7 cm³/mol. The molecule has 0 radical (unpaired) electrons. The first-order chi connectivity index (χ1) is 8.58. The van der Waals surface area contributed by atoms with Gasteiger partial charge < -0.3 is 10.1 Å². The molecule has 100 valence electrons. The number of nitrogens with one attached hydrogen (secondary N) is 1. The van der Waals surface area contributed by atoms with Crippen LogP contribution in [0.25, 0.3) is 0 Å². The van der Waals surface area contributed by atoms with Gasteiger partial charge in [0.2, 0.25) is 5.91 Å².